The van der Waals surface area contributed by atoms with Gasteiger partial charge in [-0.1, -0.05) is 12.1 Å². The molecule has 0 radical (unpaired) electrons. The number of sulfonamides is 1. The van der Waals surface area contributed by atoms with Crippen LogP contribution >= 0.6 is 0 Å². The molecule has 0 aliphatic heterocycles. The first-order valence-electron chi connectivity index (χ1n) is 7.06. The van der Waals surface area contributed by atoms with Crippen LogP contribution in [0.5, 0.6) is 0 Å². The van der Waals surface area contributed by atoms with Gasteiger partial charge in [0, 0.05) is 25.9 Å². The van der Waals surface area contributed by atoms with Gasteiger partial charge in [-0.25, -0.2) is 17.1 Å². The maximum absolute atomic E-state index is 12.8. The lowest BCUT2D eigenvalue weighted by atomic mass is 10.2. The first-order chi connectivity index (χ1) is 11.3. The molecular formula is C17H17FN2O3S. The van der Waals surface area contributed by atoms with Gasteiger partial charge in [0.15, 0.2) is 0 Å². The van der Waals surface area contributed by atoms with E-state index in [-0.39, 0.29) is 16.6 Å². The number of benzene rings is 2. The highest BCUT2D eigenvalue weighted by Gasteiger charge is 2.16. The Bertz CT molecular complexity index is 842. The summed E-state index contributed by atoms with van der Waals surface area (Å²) in [5, 5.41) is 2.62. The van der Waals surface area contributed by atoms with Crippen LogP contribution in [0.25, 0.3) is 6.08 Å². The van der Waals surface area contributed by atoms with Gasteiger partial charge in [-0.3, -0.25) is 4.79 Å². The monoisotopic (exact) mass is 348 g/mol. The number of halogens is 1. The number of anilines is 1. The van der Waals surface area contributed by atoms with Gasteiger partial charge < -0.3 is 5.32 Å². The molecule has 0 spiro atoms. The molecular weight excluding hydrogens is 331 g/mol. The summed E-state index contributed by atoms with van der Waals surface area (Å²) in [5.41, 5.74) is 1.17. The van der Waals surface area contributed by atoms with Crippen LogP contribution in [0.1, 0.15) is 5.56 Å². The molecule has 0 atom stereocenters. The lowest BCUT2D eigenvalue weighted by molar-refractivity contribution is -0.111. The van der Waals surface area contributed by atoms with Crippen molar-refractivity contribution >= 4 is 27.7 Å². The summed E-state index contributed by atoms with van der Waals surface area (Å²) in [5.74, 6) is -0.716. The minimum absolute atomic E-state index is 0.146. The molecule has 0 aliphatic rings. The number of carbonyl (C=O) groups is 1. The first kappa shape index (κ1) is 17.8. The van der Waals surface area contributed by atoms with Crippen molar-refractivity contribution in [1.29, 1.82) is 0 Å². The molecule has 2 aromatic rings. The number of hydrogen-bond acceptors (Lipinski definition) is 3. The number of nitrogens with one attached hydrogen (secondary N) is 1. The molecule has 0 saturated carbocycles. The Morgan fingerprint density at radius 3 is 2.17 bits per heavy atom. The van der Waals surface area contributed by atoms with Gasteiger partial charge >= 0.3 is 0 Å². The third-order valence-electron chi connectivity index (χ3n) is 3.20. The molecule has 1 N–H and O–H groups in total. The van der Waals surface area contributed by atoms with Crippen LogP contribution < -0.4 is 5.32 Å². The summed E-state index contributed by atoms with van der Waals surface area (Å²) in [6, 6.07) is 11.6. The normalized spacial score (nSPS) is 11.8. The van der Waals surface area contributed by atoms with E-state index < -0.39 is 10.0 Å². The molecule has 2 rings (SSSR count). The fraction of sp³-hybridized carbons (Fsp3) is 0.118. The van der Waals surface area contributed by atoms with Crippen LogP contribution in [-0.4, -0.2) is 32.7 Å². The van der Waals surface area contributed by atoms with Crippen LogP contribution in [0, 0.1) is 5.82 Å². The van der Waals surface area contributed by atoms with Gasteiger partial charge in [-0.15, -0.1) is 0 Å². The van der Waals surface area contributed by atoms with Crippen LogP contribution in [0.4, 0.5) is 10.1 Å². The van der Waals surface area contributed by atoms with Crippen molar-refractivity contribution in [3.8, 4) is 0 Å². The average Bonchev–Trinajstić information content (AvgIpc) is 2.54. The van der Waals surface area contributed by atoms with Crippen molar-refractivity contribution in [2.24, 2.45) is 0 Å². The minimum atomic E-state index is -3.50. The summed E-state index contributed by atoms with van der Waals surface area (Å²) in [7, 11) is -0.597. The van der Waals surface area contributed by atoms with Crippen molar-refractivity contribution in [1.82, 2.24) is 4.31 Å². The average molecular weight is 348 g/mol. The Morgan fingerprint density at radius 1 is 1.04 bits per heavy atom. The molecule has 1 amide bonds. The largest absolute Gasteiger partial charge is 0.323 e. The van der Waals surface area contributed by atoms with Gasteiger partial charge in [0.2, 0.25) is 15.9 Å². The van der Waals surface area contributed by atoms with Crippen molar-refractivity contribution in [3.63, 3.8) is 0 Å². The highest BCUT2D eigenvalue weighted by atomic mass is 32.2. The second kappa shape index (κ2) is 7.37. The summed E-state index contributed by atoms with van der Waals surface area (Å²) in [4.78, 5) is 12.0. The van der Waals surface area contributed by atoms with Crippen molar-refractivity contribution in [2.75, 3.05) is 19.4 Å². The molecule has 7 heteroatoms. The van der Waals surface area contributed by atoms with Crippen molar-refractivity contribution in [3.05, 3.63) is 66.0 Å². The molecule has 0 unspecified atom stereocenters. The molecule has 0 aromatic heterocycles. The molecule has 2 aromatic carbocycles. The highest BCUT2D eigenvalue weighted by molar-refractivity contribution is 7.89. The Hall–Kier alpha value is -2.51. The van der Waals surface area contributed by atoms with Crippen molar-refractivity contribution in [2.45, 2.75) is 4.90 Å². The van der Waals surface area contributed by atoms with Gasteiger partial charge in [-0.2, -0.15) is 0 Å². The zero-order valence-electron chi connectivity index (χ0n) is 13.2. The van der Waals surface area contributed by atoms with Crippen LogP contribution in [-0.2, 0) is 14.8 Å². The van der Waals surface area contributed by atoms with Gasteiger partial charge in [0.25, 0.3) is 0 Å². The minimum Gasteiger partial charge on any atom is -0.323 e. The molecule has 0 fully saturated rings. The second-order valence-corrected chi connectivity index (χ2v) is 7.34. The summed E-state index contributed by atoms with van der Waals surface area (Å²) in [6.45, 7) is 0. The number of rotatable bonds is 5. The topological polar surface area (TPSA) is 66.5 Å². The fourth-order valence-electron chi connectivity index (χ4n) is 1.85. The number of nitrogens with zero attached hydrogens (tertiary/aromatic N) is 1. The van der Waals surface area contributed by atoms with E-state index in [0.717, 1.165) is 4.31 Å². The van der Waals surface area contributed by atoms with E-state index in [0.29, 0.717) is 11.3 Å². The third-order valence-corrected chi connectivity index (χ3v) is 5.03. The molecule has 5 nitrogen and oxygen atoms in total. The van der Waals surface area contributed by atoms with E-state index in [2.05, 4.69) is 5.32 Å². The van der Waals surface area contributed by atoms with Crippen LogP contribution in [0.2, 0.25) is 0 Å². The lowest BCUT2D eigenvalue weighted by Gasteiger charge is -2.11. The smallest absolute Gasteiger partial charge is 0.248 e. The Kier molecular flexibility index (Phi) is 5.48. The van der Waals surface area contributed by atoms with Crippen LogP contribution in [0.15, 0.2) is 59.5 Å². The molecule has 0 saturated heterocycles. The SMILES string of the molecule is CN(C)S(=O)(=O)c1ccc(NC(=O)/C=C\c2ccc(F)cc2)cc1. The summed E-state index contributed by atoms with van der Waals surface area (Å²) in [6.07, 6.45) is 2.87. The molecule has 0 aliphatic carbocycles. The van der Waals surface area contributed by atoms with E-state index in [1.54, 1.807) is 18.2 Å². The predicted molar refractivity (Wildman–Crippen MR) is 91.4 cm³/mol. The molecule has 0 heterocycles. The maximum Gasteiger partial charge on any atom is 0.248 e. The standard InChI is InChI=1S/C17H17FN2O3S/c1-20(2)24(22,23)16-10-8-15(9-11-16)19-17(21)12-5-13-3-6-14(18)7-4-13/h3-12H,1-2H3,(H,19,21)/b12-5-. The number of carbonyl (C=O) groups excluding carboxylic acids is 1. The second-order valence-electron chi connectivity index (χ2n) is 5.19. The van der Waals surface area contributed by atoms with Gasteiger partial charge in [-0.05, 0) is 48.0 Å². The van der Waals surface area contributed by atoms with E-state index in [1.807, 2.05) is 0 Å². The van der Waals surface area contributed by atoms with E-state index in [1.165, 1.54) is 56.6 Å². The Labute approximate surface area is 140 Å². The molecule has 126 valence electrons. The van der Waals surface area contributed by atoms with Gasteiger partial charge in [0.1, 0.15) is 5.82 Å². The fourth-order valence-corrected chi connectivity index (χ4v) is 2.75. The summed E-state index contributed by atoms with van der Waals surface area (Å²) < 4.78 is 37.8. The quantitative estimate of drug-likeness (QED) is 0.845. The summed E-state index contributed by atoms with van der Waals surface area (Å²) >= 11 is 0. The molecule has 24 heavy (non-hydrogen) atoms. The number of amides is 1. The Morgan fingerprint density at radius 2 is 1.62 bits per heavy atom. The van der Waals surface area contributed by atoms with E-state index in [4.69, 9.17) is 0 Å². The first-order valence-corrected chi connectivity index (χ1v) is 8.50. The van der Waals surface area contributed by atoms with E-state index >= 15 is 0 Å². The third kappa shape index (κ3) is 4.50. The maximum atomic E-state index is 12.8. The Balaban J connectivity index is 2.03. The number of hydrogen-bond donors (Lipinski definition) is 1. The van der Waals surface area contributed by atoms with Crippen molar-refractivity contribution < 1.29 is 17.6 Å². The zero-order chi connectivity index (χ0) is 17.7. The highest BCUT2D eigenvalue weighted by Crippen LogP contribution is 2.16. The molecule has 0 bridgehead atoms. The predicted octanol–water partition coefficient (Wildman–Crippen LogP) is 2.73. The lowest BCUT2D eigenvalue weighted by Crippen LogP contribution is -2.22. The van der Waals surface area contributed by atoms with Gasteiger partial charge in [0.05, 0.1) is 4.90 Å². The van der Waals surface area contributed by atoms with Crippen LogP contribution in [0.3, 0.4) is 0 Å². The van der Waals surface area contributed by atoms with E-state index in [9.17, 15) is 17.6 Å². The zero-order valence-corrected chi connectivity index (χ0v) is 14.0.